The molecule has 1 saturated heterocycles. The molecule has 1 fully saturated rings. The van der Waals surface area contributed by atoms with Crippen LogP contribution < -0.4 is 9.62 Å². The fourth-order valence-electron chi connectivity index (χ4n) is 2.93. The standard InChI is InChI=1S/C15H20N4O2S/c1-22(20,21)18-14-4-2-12(3-5-14)13-6-8-19(9-7-13)15-10-16-17-11-15/h2-5,10-11,13,18H,6-9H2,1H3,(H,16,17). The molecule has 0 spiro atoms. The number of hydrogen-bond donors (Lipinski definition) is 2. The summed E-state index contributed by atoms with van der Waals surface area (Å²) in [6.07, 6.45) is 7.11. The van der Waals surface area contributed by atoms with Gasteiger partial charge in [-0.3, -0.25) is 9.82 Å². The summed E-state index contributed by atoms with van der Waals surface area (Å²) in [4.78, 5) is 2.33. The molecule has 1 aromatic heterocycles. The topological polar surface area (TPSA) is 78.1 Å². The van der Waals surface area contributed by atoms with E-state index in [4.69, 9.17) is 0 Å². The summed E-state index contributed by atoms with van der Waals surface area (Å²) in [5.74, 6) is 0.524. The Morgan fingerprint density at radius 1 is 1.23 bits per heavy atom. The summed E-state index contributed by atoms with van der Waals surface area (Å²) < 4.78 is 24.9. The quantitative estimate of drug-likeness (QED) is 0.905. The third kappa shape index (κ3) is 3.59. The van der Waals surface area contributed by atoms with E-state index in [9.17, 15) is 8.42 Å². The van der Waals surface area contributed by atoms with Crippen LogP contribution in [0.2, 0.25) is 0 Å². The van der Waals surface area contributed by atoms with Crippen LogP contribution in [-0.2, 0) is 10.0 Å². The van der Waals surface area contributed by atoms with Gasteiger partial charge >= 0.3 is 0 Å². The summed E-state index contributed by atoms with van der Waals surface area (Å²) in [6, 6.07) is 7.70. The zero-order valence-electron chi connectivity index (χ0n) is 12.5. The molecule has 1 aliphatic heterocycles. The second-order valence-electron chi connectivity index (χ2n) is 5.71. The van der Waals surface area contributed by atoms with Crippen molar-refractivity contribution in [1.82, 2.24) is 10.2 Å². The Kier molecular flexibility index (Phi) is 4.06. The molecule has 3 rings (SSSR count). The SMILES string of the molecule is CS(=O)(=O)Nc1ccc(C2CCN(c3cn[nH]c3)CC2)cc1. The van der Waals surface area contributed by atoms with Crippen LogP contribution in [0.5, 0.6) is 0 Å². The number of sulfonamides is 1. The Bertz CT molecular complexity index is 703. The first kappa shape index (κ1) is 14.9. The average Bonchev–Trinajstić information content (AvgIpc) is 3.01. The normalized spacial score (nSPS) is 16.7. The molecule has 0 saturated carbocycles. The van der Waals surface area contributed by atoms with E-state index in [-0.39, 0.29) is 0 Å². The average molecular weight is 320 g/mol. The molecule has 2 heterocycles. The lowest BCUT2D eigenvalue weighted by molar-refractivity contribution is 0.505. The molecule has 0 radical (unpaired) electrons. The van der Waals surface area contributed by atoms with Gasteiger partial charge in [-0.2, -0.15) is 5.10 Å². The molecule has 0 aliphatic carbocycles. The number of rotatable bonds is 4. The van der Waals surface area contributed by atoms with Gasteiger partial charge in [0.15, 0.2) is 0 Å². The molecular weight excluding hydrogens is 300 g/mol. The van der Waals surface area contributed by atoms with Gasteiger partial charge in [0.25, 0.3) is 0 Å². The first-order valence-electron chi connectivity index (χ1n) is 7.33. The number of benzene rings is 1. The third-order valence-corrected chi connectivity index (χ3v) is 4.64. The van der Waals surface area contributed by atoms with Gasteiger partial charge < -0.3 is 4.90 Å². The van der Waals surface area contributed by atoms with Crippen LogP contribution >= 0.6 is 0 Å². The number of hydrogen-bond acceptors (Lipinski definition) is 4. The predicted octanol–water partition coefficient (Wildman–Crippen LogP) is 2.17. The van der Waals surface area contributed by atoms with Crippen LogP contribution in [0.3, 0.4) is 0 Å². The van der Waals surface area contributed by atoms with Crippen molar-refractivity contribution in [2.24, 2.45) is 0 Å². The summed E-state index contributed by atoms with van der Waals surface area (Å²) in [6.45, 7) is 2.01. The zero-order valence-corrected chi connectivity index (χ0v) is 13.3. The van der Waals surface area contributed by atoms with Crippen molar-refractivity contribution in [2.75, 3.05) is 29.0 Å². The van der Waals surface area contributed by atoms with Crippen molar-refractivity contribution < 1.29 is 8.42 Å². The molecule has 2 aromatic rings. The zero-order chi connectivity index (χ0) is 15.6. The number of nitrogens with one attached hydrogen (secondary N) is 2. The first-order valence-corrected chi connectivity index (χ1v) is 9.22. The molecule has 0 atom stereocenters. The summed E-state index contributed by atoms with van der Waals surface area (Å²) in [7, 11) is -3.21. The lowest BCUT2D eigenvalue weighted by Crippen LogP contribution is -2.32. The van der Waals surface area contributed by atoms with E-state index in [0.717, 1.165) is 37.9 Å². The monoisotopic (exact) mass is 320 g/mol. The minimum atomic E-state index is -3.21. The highest BCUT2D eigenvalue weighted by atomic mass is 32.2. The maximum absolute atomic E-state index is 11.2. The molecular formula is C15H20N4O2S. The summed E-state index contributed by atoms with van der Waals surface area (Å²) in [5, 5.41) is 6.84. The number of aromatic amines is 1. The maximum atomic E-state index is 11.2. The van der Waals surface area contributed by atoms with Gasteiger partial charge in [-0.15, -0.1) is 0 Å². The molecule has 22 heavy (non-hydrogen) atoms. The highest BCUT2D eigenvalue weighted by Crippen LogP contribution is 2.30. The summed E-state index contributed by atoms with van der Waals surface area (Å²) in [5.41, 5.74) is 3.03. The smallest absolute Gasteiger partial charge is 0.229 e. The molecule has 6 nitrogen and oxygen atoms in total. The van der Waals surface area contributed by atoms with Crippen LogP contribution in [0.1, 0.15) is 24.3 Å². The molecule has 0 amide bonds. The van der Waals surface area contributed by atoms with Crippen LogP contribution in [-0.4, -0.2) is 38.0 Å². The highest BCUT2D eigenvalue weighted by Gasteiger charge is 2.21. The van der Waals surface area contributed by atoms with Crippen LogP contribution in [0, 0.1) is 0 Å². The number of anilines is 2. The maximum Gasteiger partial charge on any atom is 0.229 e. The van der Waals surface area contributed by atoms with Crippen molar-refractivity contribution in [3.63, 3.8) is 0 Å². The Labute approximate surface area is 130 Å². The van der Waals surface area contributed by atoms with E-state index in [1.54, 1.807) is 0 Å². The Balaban J connectivity index is 1.61. The second-order valence-corrected chi connectivity index (χ2v) is 7.46. The van der Waals surface area contributed by atoms with Crippen LogP contribution in [0.15, 0.2) is 36.7 Å². The second kappa shape index (κ2) is 6.00. The number of piperidine rings is 1. The Morgan fingerprint density at radius 3 is 2.45 bits per heavy atom. The summed E-state index contributed by atoms with van der Waals surface area (Å²) >= 11 is 0. The number of aromatic nitrogens is 2. The minimum Gasteiger partial charge on any atom is -0.369 e. The van der Waals surface area contributed by atoms with Crippen LogP contribution in [0.25, 0.3) is 0 Å². The van der Waals surface area contributed by atoms with Crippen molar-refractivity contribution in [3.8, 4) is 0 Å². The molecule has 1 aliphatic rings. The van der Waals surface area contributed by atoms with Gasteiger partial charge in [-0.05, 0) is 36.5 Å². The molecule has 0 unspecified atom stereocenters. The lowest BCUT2D eigenvalue weighted by Gasteiger charge is -2.32. The van der Waals surface area contributed by atoms with Gasteiger partial charge in [-0.25, -0.2) is 8.42 Å². The molecule has 7 heteroatoms. The van der Waals surface area contributed by atoms with Crippen molar-refractivity contribution in [2.45, 2.75) is 18.8 Å². The van der Waals surface area contributed by atoms with E-state index in [1.165, 1.54) is 5.56 Å². The van der Waals surface area contributed by atoms with Crippen molar-refractivity contribution >= 4 is 21.4 Å². The molecule has 0 bridgehead atoms. The fourth-order valence-corrected chi connectivity index (χ4v) is 3.49. The predicted molar refractivity (Wildman–Crippen MR) is 87.7 cm³/mol. The first-order chi connectivity index (χ1) is 10.5. The van der Waals surface area contributed by atoms with Gasteiger partial charge in [0.05, 0.1) is 18.1 Å². The number of H-pyrrole nitrogens is 1. The largest absolute Gasteiger partial charge is 0.369 e. The van der Waals surface area contributed by atoms with E-state index in [0.29, 0.717) is 11.6 Å². The van der Waals surface area contributed by atoms with E-state index in [2.05, 4.69) is 19.8 Å². The number of nitrogens with zero attached hydrogens (tertiary/aromatic N) is 2. The Hall–Kier alpha value is -2.02. The van der Waals surface area contributed by atoms with Crippen LogP contribution in [0.4, 0.5) is 11.4 Å². The van der Waals surface area contributed by atoms with E-state index >= 15 is 0 Å². The molecule has 118 valence electrons. The van der Waals surface area contributed by atoms with Crippen molar-refractivity contribution in [3.05, 3.63) is 42.2 Å². The lowest BCUT2D eigenvalue weighted by atomic mass is 9.89. The van der Waals surface area contributed by atoms with Gasteiger partial charge in [0.1, 0.15) is 0 Å². The van der Waals surface area contributed by atoms with E-state index < -0.39 is 10.0 Å². The molecule has 1 aromatic carbocycles. The third-order valence-electron chi connectivity index (χ3n) is 4.03. The fraction of sp³-hybridized carbons (Fsp3) is 0.400. The van der Waals surface area contributed by atoms with Crippen molar-refractivity contribution in [1.29, 1.82) is 0 Å². The highest BCUT2D eigenvalue weighted by molar-refractivity contribution is 7.92. The van der Waals surface area contributed by atoms with E-state index in [1.807, 2.05) is 36.7 Å². The minimum absolute atomic E-state index is 0.524. The van der Waals surface area contributed by atoms with Gasteiger partial charge in [-0.1, -0.05) is 12.1 Å². The van der Waals surface area contributed by atoms with Gasteiger partial charge in [0.2, 0.25) is 10.0 Å². The van der Waals surface area contributed by atoms with Gasteiger partial charge in [0, 0.05) is 25.0 Å². The Morgan fingerprint density at radius 2 is 1.91 bits per heavy atom. The molecule has 2 N–H and O–H groups in total.